The van der Waals surface area contributed by atoms with Gasteiger partial charge in [-0.1, -0.05) is 0 Å². The van der Waals surface area contributed by atoms with Crippen LogP contribution in [0.4, 0.5) is 11.8 Å². The van der Waals surface area contributed by atoms with Gasteiger partial charge in [0.1, 0.15) is 5.82 Å². The summed E-state index contributed by atoms with van der Waals surface area (Å²) in [5.74, 6) is 1.54. The second-order valence-corrected chi connectivity index (χ2v) is 5.29. The van der Waals surface area contributed by atoms with E-state index >= 15 is 0 Å². The summed E-state index contributed by atoms with van der Waals surface area (Å²) in [4.78, 5) is 27.2. The summed E-state index contributed by atoms with van der Waals surface area (Å²) < 4.78 is 1.76. The summed E-state index contributed by atoms with van der Waals surface area (Å²) in [6, 6.07) is 1.66. The maximum absolute atomic E-state index is 12.5. The summed E-state index contributed by atoms with van der Waals surface area (Å²) in [5.41, 5.74) is 5.70. The number of ketones is 1. The quantitative estimate of drug-likeness (QED) is 0.843. The largest absolute Gasteiger partial charge is 0.384 e. The molecule has 7 nitrogen and oxygen atoms in total. The van der Waals surface area contributed by atoms with Crippen molar-refractivity contribution in [3.05, 3.63) is 30.5 Å². The molecule has 2 aromatic heterocycles. The smallest absolute Gasteiger partial charge is 0.227 e. The fraction of sp³-hybridized carbons (Fsp3) is 0.429. The Balaban J connectivity index is 1.77. The number of rotatable bonds is 3. The Hall–Kier alpha value is -2.44. The van der Waals surface area contributed by atoms with E-state index in [1.54, 1.807) is 29.2 Å². The second kappa shape index (κ2) is 5.51. The summed E-state index contributed by atoms with van der Waals surface area (Å²) >= 11 is 0. The minimum Gasteiger partial charge on any atom is -0.384 e. The van der Waals surface area contributed by atoms with E-state index < -0.39 is 0 Å². The third-order valence-electron chi connectivity index (χ3n) is 3.78. The molecule has 1 atom stereocenters. The number of piperidine rings is 1. The molecule has 0 radical (unpaired) electrons. The van der Waals surface area contributed by atoms with Gasteiger partial charge >= 0.3 is 0 Å². The molecule has 7 heteroatoms. The van der Waals surface area contributed by atoms with Crippen LogP contribution in [0.3, 0.4) is 0 Å². The van der Waals surface area contributed by atoms with Gasteiger partial charge < -0.3 is 15.2 Å². The zero-order chi connectivity index (χ0) is 14.8. The Morgan fingerprint density at radius 3 is 2.95 bits per heavy atom. The molecule has 110 valence electrons. The molecule has 0 aliphatic carbocycles. The second-order valence-electron chi connectivity index (χ2n) is 5.29. The molecule has 1 fully saturated rings. The van der Waals surface area contributed by atoms with E-state index in [4.69, 9.17) is 5.73 Å². The molecule has 2 N–H and O–H groups in total. The lowest BCUT2D eigenvalue weighted by molar-refractivity contribution is 0.0893. The number of imidazole rings is 1. The molecular formula is C14H18N6O. The van der Waals surface area contributed by atoms with Crippen LogP contribution in [0, 0.1) is 5.92 Å². The number of aromatic nitrogens is 4. The molecule has 0 spiro atoms. The number of nitrogen functional groups attached to an aromatic ring is 1. The van der Waals surface area contributed by atoms with E-state index in [0.29, 0.717) is 24.1 Å². The standard InChI is InChI=1S/C14H18N6O/c1-19-8-6-16-13(19)12(21)10-3-2-7-20(9-10)14-17-5-4-11(15)18-14/h4-6,8,10H,2-3,7,9H2,1H3,(H2,15,17,18)/t10-/m1/s1. The summed E-state index contributed by atoms with van der Waals surface area (Å²) in [5, 5.41) is 0. The van der Waals surface area contributed by atoms with Crippen molar-refractivity contribution in [3.63, 3.8) is 0 Å². The number of carbonyl (C=O) groups excluding carboxylic acids is 1. The maximum atomic E-state index is 12.5. The molecule has 1 saturated heterocycles. The van der Waals surface area contributed by atoms with Crippen molar-refractivity contribution in [1.82, 2.24) is 19.5 Å². The summed E-state index contributed by atoms with van der Waals surface area (Å²) in [6.07, 6.45) is 6.87. The first-order valence-electron chi connectivity index (χ1n) is 7.00. The number of nitrogens with two attached hydrogens (primary N) is 1. The predicted molar refractivity (Wildman–Crippen MR) is 78.9 cm³/mol. The topological polar surface area (TPSA) is 89.9 Å². The van der Waals surface area contributed by atoms with Gasteiger partial charge in [0.25, 0.3) is 0 Å². The average Bonchev–Trinajstić information content (AvgIpc) is 2.93. The fourth-order valence-corrected chi connectivity index (χ4v) is 2.67. The molecule has 1 aliphatic rings. The first-order valence-corrected chi connectivity index (χ1v) is 7.00. The van der Waals surface area contributed by atoms with E-state index in [2.05, 4.69) is 15.0 Å². The molecule has 0 amide bonds. The van der Waals surface area contributed by atoms with E-state index in [0.717, 1.165) is 19.4 Å². The zero-order valence-electron chi connectivity index (χ0n) is 11.9. The van der Waals surface area contributed by atoms with Crippen molar-refractivity contribution in [3.8, 4) is 0 Å². The molecule has 3 rings (SSSR count). The molecule has 3 heterocycles. The van der Waals surface area contributed by atoms with Crippen LogP contribution in [-0.4, -0.2) is 38.4 Å². The van der Waals surface area contributed by atoms with Crippen molar-refractivity contribution in [2.75, 3.05) is 23.7 Å². The van der Waals surface area contributed by atoms with Gasteiger partial charge in [0, 0.05) is 44.6 Å². The molecule has 2 aromatic rings. The Morgan fingerprint density at radius 2 is 2.24 bits per heavy atom. The number of Topliss-reactive ketones (excluding diaryl/α,β-unsaturated/α-hetero) is 1. The van der Waals surface area contributed by atoms with Gasteiger partial charge in [-0.25, -0.2) is 9.97 Å². The minimum atomic E-state index is -0.0788. The number of carbonyl (C=O) groups is 1. The molecular weight excluding hydrogens is 268 g/mol. The van der Waals surface area contributed by atoms with E-state index in [-0.39, 0.29) is 11.7 Å². The van der Waals surface area contributed by atoms with Gasteiger partial charge in [0.05, 0.1) is 0 Å². The average molecular weight is 286 g/mol. The first-order chi connectivity index (χ1) is 10.1. The number of aryl methyl sites for hydroxylation is 1. The third kappa shape index (κ3) is 2.72. The highest BCUT2D eigenvalue weighted by atomic mass is 16.1. The zero-order valence-corrected chi connectivity index (χ0v) is 11.9. The molecule has 0 aromatic carbocycles. The Labute approximate surface area is 122 Å². The van der Waals surface area contributed by atoms with Crippen LogP contribution < -0.4 is 10.6 Å². The monoisotopic (exact) mass is 286 g/mol. The SMILES string of the molecule is Cn1ccnc1C(=O)[C@@H]1CCCN(c2nccc(N)n2)C1. The van der Waals surface area contributed by atoms with Gasteiger partial charge in [-0.05, 0) is 18.9 Å². The van der Waals surface area contributed by atoms with Crippen LogP contribution in [0.25, 0.3) is 0 Å². The predicted octanol–water partition coefficient (Wildman–Crippen LogP) is 0.892. The van der Waals surface area contributed by atoms with Crippen LogP contribution in [0.5, 0.6) is 0 Å². The van der Waals surface area contributed by atoms with Crippen LogP contribution in [0.1, 0.15) is 23.5 Å². The van der Waals surface area contributed by atoms with Crippen molar-refractivity contribution in [2.24, 2.45) is 13.0 Å². The van der Waals surface area contributed by atoms with E-state index in [1.165, 1.54) is 0 Å². The van der Waals surface area contributed by atoms with E-state index in [9.17, 15) is 4.79 Å². The van der Waals surface area contributed by atoms with Gasteiger partial charge in [-0.15, -0.1) is 0 Å². The molecule has 0 bridgehead atoms. The molecule has 0 saturated carbocycles. The minimum absolute atomic E-state index is 0.0788. The highest BCUT2D eigenvalue weighted by Crippen LogP contribution is 2.23. The van der Waals surface area contributed by atoms with Crippen molar-refractivity contribution < 1.29 is 4.79 Å². The number of hydrogen-bond donors (Lipinski definition) is 1. The van der Waals surface area contributed by atoms with E-state index in [1.807, 2.05) is 11.9 Å². The maximum Gasteiger partial charge on any atom is 0.227 e. The highest BCUT2D eigenvalue weighted by Gasteiger charge is 2.29. The molecule has 1 aliphatic heterocycles. The lowest BCUT2D eigenvalue weighted by Crippen LogP contribution is -2.40. The Bertz CT molecular complexity index is 652. The van der Waals surface area contributed by atoms with Crippen molar-refractivity contribution in [2.45, 2.75) is 12.8 Å². The molecule has 0 unspecified atom stereocenters. The van der Waals surface area contributed by atoms with Crippen LogP contribution in [0.15, 0.2) is 24.7 Å². The lowest BCUT2D eigenvalue weighted by Gasteiger charge is -2.31. The first kappa shape index (κ1) is 13.5. The van der Waals surface area contributed by atoms with Crippen LogP contribution >= 0.6 is 0 Å². The summed E-state index contributed by atoms with van der Waals surface area (Å²) in [6.45, 7) is 1.45. The number of nitrogens with zero attached hydrogens (tertiary/aromatic N) is 5. The van der Waals surface area contributed by atoms with Crippen LogP contribution in [0.2, 0.25) is 0 Å². The Morgan fingerprint density at radius 1 is 1.38 bits per heavy atom. The normalized spacial score (nSPS) is 18.7. The van der Waals surface area contributed by atoms with Gasteiger partial charge in [-0.2, -0.15) is 4.98 Å². The summed E-state index contributed by atoms with van der Waals surface area (Å²) in [7, 11) is 1.84. The van der Waals surface area contributed by atoms with Crippen LogP contribution in [-0.2, 0) is 7.05 Å². The fourth-order valence-electron chi connectivity index (χ4n) is 2.67. The van der Waals surface area contributed by atoms with Gasteiger partial charge in [-0.3, -0.25) is 4.79 Å². The number of anilines is 2. The van der Waals surface area contributed by atoms with Crippen molar-refractivity contribution >= 4 is 17.5 Å². The lowest BCUT2D eigenvalue weighted by atomic mass is 9.93. The van der Waals surface area contributed by atoms with Crippen molar-refractivity contribution in [1.29, 1.82) is 0 Å². The Kier molecular flexibility index (Phi) is 3.55. The third-order valence-corrected chi connectivity index (χ3v) is 3.78. The van der Waals surface area contributed by atoms with Gasteiger partial charge in [0.2, 0.25) is 11.7 Å². The van der Waals surface area contributed by atoms with Gasteiger partial charge in [0.15, 0.2) is 5.82 Å². The molecule has 21 heavy (non-hydrogen) atoms. The highest BCUT2D eigenvalue weighted by molar-refractivity contribution is 5.95. The number of hydrogen-bond acceptors (Lipinski definition) is 6.